The molecule has 0 aliphatic heterocycles. The van der Waals surface area contributed by atoms with Gasteiger partial charge in [0.25, 0.3) is 0 Å². The summed E-state index contributed by atoms with van der Waals surface area (Å²) < 4.78 is 28.0. The number of carbonyl (C=O) groups is 1. The van der Waals surface area contributed by atoms with Gasteiger partial charge in [-0.15, -0.1) is 0 Å². The van der Waals surface area contributed by atoms with Gasteiger partial charge in [-0.2, -0.15) is 8.78 Å². The number of ether oxygens (including phenoxy) is 1. The zero-order valence-electron chi connectivity index (χ0n) is 9.48. The first-order chi connectivity index (χ1) is 8.61. The summed E-state index contributed by atoms with van der Waals surface area (Å²) in [5, 5.41) is 10.9. The first kappa shape index (κ1) is 14.1. The third kappa shape index (κ3) is 5.40. The average molecular weight is 257 g/mol. The molecule has 0 atom stereocenters. The Morgan fingerprint density at radius 2 is 2.06 bits per heavy atom. The zero-order chi connectivity index (χ0) is 13.4. The van der Waals surface area contributed by atoms with Crippen molar-refractivity contribution < 1.29 is 23.4 Å². The van der Waals surface area contributed by atoms with Gasteiger partial charge in [-0.25, -0.2) is 0 Å². The zero-order valence-corrected chi connectivity index (χ0v) is 9.48. The van der Waals surface area contributed by atoms with E-state index >= 15 is 0 Å². The third-order valence-electron chi connectivity index (χ3n) is 1.94. The van der Waals surface area contributed by atoms with E-state index in [1.807, 2.05) is 0 Å². The smallest absolute Gasteiger partial charge is 0.387 e. The molecule has 0 aromatic heterocycles. The van der Waals surface area contributed by atoms with Gasteiger partial charge < -0.3 is 15.2 Å². The maximum Gasteiger partial charge on any atom is 0.387 e. The normalized spacial score (nSPS) is 10.9. The van der Waals surface area contributed by atoms with Gasteiger partial charge in [0, 0.05) is 12.6 Å². The van der Waals surface area contributed by atoms with E-state index in [2.05, 4.69) is 10.1 Å². The Kier molecular flexibility index (Phi) is 5.79. The van der Waals surface area contributed by atoms with Gasteiger partial charge in [0.05, 0.1) is 6.61 Å². The molecule has 4 nitrogen and oxygen atoms in total. The number of hydrogen-bond donors (Lipinski definition) is 2. The summed E-state index contributed by atoms with van der Waals surface area (Å²) in [4.78, 5) is 11.2. The van der Waals surface area contributed by atoms with Crippen molar-refractivity contribution >= 4 is 12.0 Å². The van der Waals surface area contributed by atoms with Gasteiger partial charge >= 0.3 is 6.61 Å². The number of hydrogen-bond acceptors (Lipinski definition) is 3. The molecule has 2 N–H and O–H groups in total. The molecule has 6 heteroatoms. The van der Waals surface area contributed by atoms with Crippen LogP contribution in [0.2, 0.25) is 0 Å². The van der Waals surface area contributed by atoms with Crippen molar-refractivity contribution in [3.05, 3.63) is 35.9 Å². The number of aliphatic hydroxyl groups is 1. The van der Waals surface area contributed by atoms with Crippen LogP contribution in [0.15, 0.2) is 30.3 Å². The highest BCUT2D eigenvalue weighted by Gasteiger charge is 2.02. The highest BCUT2D eigenvalue weighted by Crippen LogP contribution is 2.15. The molecule has 0 unspecified atom stereocenters. The van der Waals surface area contributed by atoms with Crippen LogP contribution in [-0.4, -0.2) is 30.8 Å². The number of alkyl halides is 2. The van der Waals surface area contributed by atoms with E-state index in [0.717, 1.165) is 0 Å². The van der Waals surface area contributed by atoms with E-state index in [1.54, 1.807) is 12.1 Å². The lowest BCUT2D eigenvalue weighted by Gasteiger charge is -2.03. The Balaban J connectivity index is 2.52. The Bertz CT molecular complexity index is 404. The number of nitrogens with one attached hydrogen (secondary N) is 1. The van der Waals surface area contributed by atoms with Crippen LogP contribution in [0.3, 0.4) is 0 Å². The maximum atomic E-state index is 11.9. The monoisotopic (exact) mass is 257 g/mol. The standard InChI is InChI=1S/C12H13F2NO3/c13-12(14)18-10-4-1-9(2-5-10)3-6-11(17)15-7-8-16/h1-6,12,16H,7-8H2,(H,15,17)/b6-3+. The SMILES string of the molecule is O=C(/C=C/c1ccc(OC(F)F)cc1)NCCO. The van der Waals surface area contributed by atoms with Crippen LogP contribution in [-0.2, 0) is 4.79 Å². The van der Waals surface area contributed by atoms with E-state index in [1.165, 1.54) is 24.3 Å². The predicted molar refractivity (Wildman–Crippen MR) is 62.2 cm³/mol. The molecular weight excluding hydrogens is 244 g/mol. The lowest BCUT2D eigenvalue weighted by Crippen LogP contribution is -2.24. The molecule has 0 heterocycles. The molecule has 1 rings (SSSR count). The summed E-state index contributed by atoms with van der Waals surface area (Å²) in [5.74, 6) is -0.274. The summed E-state index contributed by atoms with van der Waals surface area (Å²) in [6.07, 6.45) is 2.82. The Hall–Kier alpha value is -1.95. The molecule has 0 saturated carbocycles. The fourth-order valence-electron chi connectivity index (χ4n) is 1.17. The number of amides is 1. The molecule has 98 valence electrons. The van der Waals surface area contributed by atoms with E-state index in [4.69, 9.17) is 5.11 Å². The van der Waals surface area contributed by atoms with Gasteiger partial charge in [0.15, 0.2) is 0 Å². The van der Waals surface area contributed by atoms with Crippen molar-refractivity contribution in [1.82, 2.24) is 5.32 Å². The molecule has 0 aliphatic carbocycles. The minimum atomic E-state index is -2.85. The van der Waals surface area contributed by atoms with E-state index < -0.39 is 6.61 Å². The van der Waals surface area contributed by atoms with Gasteiger partial charge in [-0.1, -0.05) is 12.1 Å². The predicted octanol–water partition coefficient (Wildman–Crippen LogP) is 1.41. The van der Waals surface area contributed by atoms with E-state index in [0.29, 0.717) is 5.56 Å². The lowest BCUT2D eigenvalue weighted by atomic mass is 10.2. The number of halogens is 2. The van der Waals surface area contributed by atoms with Crippen LogP contribution in [0.25, 0.3) is 6.08 Å². The molecule has 1 aromatic rings. The third-order valence-corrected chi connectivity index (χ3v) is 1.94. The molecule has 0 radical (unpaired) electrons. The van der Waals surface area contributed by atoms with Crippen molar-refractivity contribution in [2.24, 2.45) is 0 Å². The number of rotatable bonds is 6. The summed E-state index contributed by atoms with van der Waals surface area (Å²) in [5.41, 5.74) is 0.677. The average Bonchev–Trinajstić information content (AvgIpc) is 2.35. The molecule has 0 spiro atoms. The highest BCUT2D eigenvalue weighted by molar-refractivity contribution is 5.91. The molecule has 1 amide bonds. The second-order valence-corrected chi connectivity index (χ2v) is 3.30. The van der Waals surface area contributed by atoms with Crippen LogP contribution < -0.4 is 10.1 Å². The molecule has 18 heavy (non-hydrogen) atoms. The lowest BCUT2D eigenvalue weighted by molar-refractivity contribution is -0.116. The first-order valence-electron chi connectivity index (χ1n) is 5.23. The van der Waals surface area contributed by atoms with Crippen LogP contribution in [0, 0.1) is 0 Å². The number of aliphatic hydroxyl groups excluding tert-OH is 1. The Morgan fingerprint density at radius 3 is 2.61 bits per heavy atom. The van der Waals surface area contributed by atoms with Crippen molar-refractivity contribution in [2.75, 3.05) is 13.2 Å². The minimum absolute atomic E-state index is 0.0619. The van der Waals surface area contributed by atoms with Crippen molar-refractivity contribution in [2.45, 2.75) is 6.61 Å². The fraction of sp³-hybridized carbons (Fsp3) is 0.250. The van der Waals surface area contributed by atoms with Crippen LogP contribution in [0.4, 0.5) is 8.78 Å². The van der Waals surface area contributed by atoms with Crippen molar-refractivity contribution in [1.29, 1.82) is 0 Å². The Labute approximate surface area is 103 Å². The van der Waals surface area contributed by atoms with Crippen LogP contribution in [0.1, 0.15) is 5.56 Å². The van der Waals surface area contributed by atoms with E-state index in [9.17, 15) is 13.6 Å². The topological polar surface area (TPSA) is 58.6 Å². The van der Waals surface area contributed by atoms with Crippen LogP contribution >= 0.6 is 0 Å². The second kappa shape index (κ2) is 7.39. The fourth-order valence-corrected chi connectivity index (χ4v) is 1.17. The summed E-state index contributed by atoms with van der Waals surface area (Å²) >= 11 is 0. The largest absolute Gasteiger partial charge is 0.435 e. The van der Waals surface area contributed by atoms with E-state index in [-0.39, 0.29) is 24.8 Å². The molecule has 0 bridgehead atoms. The summed E-state index contributed by atoms with van der Waals surface area (Å²) in [6.45, 7) is -2.79. The van der Waals surface area contributed by atoms with Crippen molar-refractivity contribution in [3.8, 4) is 5.75 Å². The summed E-state index contributed by atoms with van der Waals surface area (Å²) in [7, 11) is 0. The first-order valence-corrected chi connectivity index (χ1v) is 5.23. The van der Waals surface area contributed by atoms with Crippen LogP contribution in [0.5, 0.6) is 5.75 Å². The molecular formula is C12H13F2NO3. The quantitative estimate of drug-likeness (QED) is 0.757. The van der Waals surface area contributed by atoms with Gasteiger partial charge in [0.1, 0.15) is 5.75 Å². The highest BCUT2D eigenvalue weighted by atomic mass is 19.3. The molecule has 0 aliphatic rings. The van der Waals surface area contributed by atoms with Crippen molar-refractivity contribution in [3.63, 3.8) is 0 Å². The van der Waals surface area contributed by atoms with Gasteiger partial charge in [0.2, 0.25) is 5.91 Å². The maximum absolute atomic E-state index is 11.9. The molecule has 0 fully saturated rings. The Morgan fingerprint density at radius 1 is 1.39 bits per heavy atom. The number of benzene rings is 1. The van der Waals surface area contributed by atoms with Gasteiger partial charge in [-0.3, -0.25) is 4.79 Å². The second-order valence-electron chi connectivity index (χ2n) is 3.30. The molecule has 1 aromatic carbocycles. The minimum Gasteiger partial charge on any atom is -0.435 e. The molecule has 0 saturated heterocycles. The summed E-state index contributed by atoms with van der Waals surface area (Å²) in [6, 6.07) is 5.87. The van der Waals surface area contributed by atoms with Gasteiger partial charge in [-0.05, 0) is 23.8 Å². The number of carbonyl (C=O) groups excluding carboxylic acids is 1.